The summed E-state index contributed by atoms with van der Waals surface area (Å²) in [6, 6.07) is -0.157. The van der Waals surface area contributed by atoms with E-state index in [9.17, 15) is 9.59 Å². The number of rotatable bonds is 3. The van der Waals surface area contributed by atoms with Crippen LogP contribution in [-0.4, -0.2) is 27.1 Å². The summed E-state index contributed by atoms with van der Waals surface area (Å²) in [4.78, 5) is 24.8. The molecule has 1 aromatic heterocycles. The number of carboxylic acid groups (broad SMARTS) is 2. The van der Waals surface area contributed by atoms with E-state index in [1.165, 1.54) is 12.3 Å². The predicted octanol–water partition coefficient (Wildman–Crippen LogP) is -0.136. The third kappa shape index (κ3) is 1.86. The molecule has 0 saturated heterocycles. The minimum absolute atomic E-state index is 0.00694. The molecule has 0 spiro atoms. The van der Waals surface area contributed by atoms with Crippen LogP contribution in [0.4, 0.5) is 0 Å². The van der Waals surface area contributed by atoms with E-state index in [0.29, 0.717) is 0 Å². The van der Waals surface area contributed by atoms with Gasteiger partial charge in [0.15, 0.2) is 0 Å². The largest absolute Gasteiger partial charge is 0.480 e. The fourth-order valence-electron chi connectivity index (χ4n) is 0.982. The van der Waals surface area contributed by atoms with E-state index < -0.39 is 18.0 Å². The molecule has 6 heteroatoms. The number of carbonyl (C=O) groups is 2. The molecular weight excluding hydrogens is 188 g/mol. The summed E-state index contributed by atoms with van der Waals surface area (Å²) in [5.41, 5.74) is 5.12. The standard InChI is InChI=1S/C8H8N2O4/c9-6(8(13)14)5-3-10-2-1-4(5)7(11)12/h1-3,6H,9H2,(H,11,12)(H,13,14). The number of aromatic nitrogens is 1. The van der Waals surface area contributed by atoms with E-state index in [2.05, 4.69) is 4.98 Å². The van der Waals surface area contributed by atoms with Gasteiger partial charge in [0, 0.05) is 18.0 Å². The van der Waals surface area contributed by atoms with Crippen molar-refractivity contribution in [3.8, 4) is 0 Å². The number of pyridine rings is 1. The average molecular weight is 196 g/mol. The number of aromatic carboxylic acids is 1. The molecular formula is C8H8N2O4. The summed E-state index contributed by atoms with van der Waals surface area (Å²) < 4.78 is 0. The van der Waals surface area contributed by atoms with Crippen LogP contribution in [0.1, 0.15) is 22.0 Å². The Kier molecular flexibility index (Phi) is 2.78. The summed E-state index contributed by atoms with van der Waals surface area (Å²) in [6.45, 7) is 0. The molecule has 1 rings (SSSR count). The van der Waals surface area contributed by atoms with Gasteiger partial charge in [0.2, 0.25) is 0 Å². The Morgan fingerprint density at radius 2 is 2.07 bits per heavy atom. The molecule has 0 aromatic carbocycles. The van der Waals surface area contributed by atoms with Gasteiger partial charge in [-0.05, 0) is 6.07 Å². The van der Waals surface area contributed by atoms with Gasteiger partial charge in [0.25, 0.3) is 0 Å². The average Bonchev–Trinajstić information content (AvgIpc) is 2.16. The monoisotopic (exact) mass is 196 g/mol. The van der Waals surface area contributed by atoms with Crippen molar-refractivity contribution in [3.63, 3.8) is 0 Å². The molecule has 0 aliphatic heterocycles. The third-order valence-electron chi connectivity index (χ3n) is 1.68. The first kappa shape index (κ1) is 10.1. The van der Waals surface area contributed by atoms with E-state index in [1.54, 1.807) is 0 Å². The molecule has 0 radical (unpaired) electrons. The van der Waals surface area contributed by atoms with Crippen molar-refractivity contribution in [1.82, 2.24) is 4.98 Å². The zero-order valence-corrected chi connectivity index (χ0v) is 7.04. The van der Waals surface area contributed by atoms with E-state index in [0.717, 1.165) is 6.20 Å². The molecule has 0 bridgehead atoms. The highest BCUT2D eigenvalue weighted by atomic mass is 16.4. The smallest absolute Gasteiger partial charge is 0.336 e. The Bertz CT molecular complexity index is 377. The SMILES string of the molecule is NC(C(=O)O)c1cnccc1C(=O)O. The Morgan fingerprint density at radius 3 is 2.57 bits per heavy atom. The predicted molar refractivity (Wildman–Crippen MR) is 45.8 cm³/mol. The molecule has 74 valence electrons. The van der Waals surface area contributed by atoms with Gasteiger partial charge >= 0.3 is 11.9 Å². The molecule has 0 aliphatic rings. The quantitative estimate of drug-likeness (QED) is 0.620. The first-order valence-electron chi connectivity index (χ1n) is 3.69. The summed E-state index contributed by atoms with van der Waals surface area (Å²) >= 11 is 0. The van der Waals surface area contributed by atoms with Crippen LogP contribution >= 0.6 is 0 Å². The molecule has 1 aromatic rings. The van der Waals surface area contributed by atoms with E-state index in [4.69, 9.17) is 15.9 Å². The maximum Gasteiger partial charge on any atom is 0.336 e. The summed E-state index contributed by atoms with van der Waals surface area (Å²) in [5, 5.41) is 17.3. The van der Waals surface area contributed by atoms with Gasteiger partial charge in [-0.1, -0.05) is 0 Å². The Labute approximate surface area is 79.0 Å². The van der Waals surface area contributed by atoms with Gasteiger partial charge in [-0.2, -0.15) is 0 Å². The maximum absolute atomic E-state index is 10.7. The third-order valence-corrected chi connectivity index (χ3v) is 1.68. The van der Waals surface area contributed by atoms with Crippen LogP contribution in [0.15, 0.2) is 18.5 Å². The number of aliphatic carboxylic acids is 1. The van der Waals surface area contributed by atoms with Gasteiger partial charge in [-0.3, -0.25) is 9.78 Å². The van der Waals surface area contributed by atoms with Crippen LogP contribution in [0, 0.1) is 0 Å². The number of hydrogen-bond acceptors (Lipinski definition) is 4. The minimum atomic E-state index is -1.37. The molecule has 0 fully saturated rings. The lowest BCUT2D eigenvalue weighted by Gasteiger charge is -2.08. The highest BCUT2D eigenvalue weighted by molar-refractivity contribution is 5.91. The van der Waals surface area contributed by atoms with E-state index in [1.807, 2.05) is 0 Å². The minimum Gasteiger partial charge on any atom is -0.480 e. The first-order chi connectivity index (χ1) is 6.54. The molecule has 1 atom stereocenters. The second kappa shape index (κ2) is 3.84. The van der Waals surface area contributed by atoms with Crippen molar-refractivity contribution < 1.29 is 19.8 Å². The summed E-state index contributed by atoms with van der Waals surface area (Å²) in [6.07, 6.45) is 2.41. The lowest BCUT2D eigenvalue weighted by molar-refractivity contribution is -0.138. The zero-order chi connectivity index (χ0) is 10.7. The number of carboxylic acids is 2. The number of nitrogens with two attached hydrogens (primary N) is 1. The molecule has 6 nitrogen and oxygen atoms in total. The normalized spacial score (nSPS) is 12.1. The molecule has 0 saturated carbocycles. The van der Waals surface area contributed by atoms with Gasteiger partial charge in [0.05, 0.1) is 5.56 Å². The molecule has 14 heavy (non-hydrogen) atoms. The molecule has 0 amide bonds. The van der Waals surface area contributed by atoms with E-state index >= 15 is 0 Å². The van der Waals surface area contributed by atoms with Crippen LogP contribution in [0.2, 0.25) is 0 Å². The van der Waals surface area contributed by atoms with Crippen LogP contribution in [0.5, 0.6) is 0 Å². The molecule has 4 N–H and O–H groups in total. The first-order valence-corrected chi connectivity index (χ1v) is 3.69. The Balaban J connectivity index is 3.19. The highest BCUT2D eigenvalue weighted by Crippen LogP contribution is 2.14. The number of nitrogens with zero attached hydrogens (tertiary/aromatic N) is 1. The van der Waals surface area contributed by atoms with Crippen LogP contribution in [0.25, 0.3) is 0 Å². The van der Waals surface area contributed by atoms with Crippen LogP contribution in [0.3, 0.4) is 0 Å². The lowest BCUT2D eigenvalue weighted by Crippen LogP contribution is -2.23. The molecule has 1 heterocycles. The van der Waals surface area contributed by atoms with E-state index in [-0.39, 0.29) is 11.1 Å². The van der Waals surface area contributed by atoms with Gasteiger partial charge in [-0.25, -0.2) is 4.79 Å². The summed E-state index contributed by atoms with van der Waals surface area (Å²) in [7, 11) is 0. The Hall–Kier alpha value is -1.95. The zero-order valence-electron chi connectivity index (χ0n) is 7.04. The topological polar surface area (TPSA) is 114 Å². The van der Waals surface area contributed by atoms with Gasteiger partial charge in [0.1, 0.15) is 6.04 Å². The van der Waals surface area contributed by atoms with Crippen molar-refractivity contribution >= 4 is 11.9 Å². The fourth-order valence-corrected chi connectivity index (χ4v) is 0.982. The van der Waals surface area contributed by atoms with Crippen molar-refractivity contribution in [2.45, 2.75) is 6.04 Å². The van der Waals surface area contributed by atoms with Crippen molar-refractivity contribution in [3.05, 3.63) is 29.6 Å². The van der Waals surface area contributed by atoms with Crippen molar-refractivity contribution in [1.29, 1.82) is 0 Å². The highest BCUT2D eigenvalue weighted by Gasteiger charge is 2.20. The lowest BCUT2D eigenvalue weighted by atomic mass is 10.0. The van der Waals surface area contributed by atoms with Crippen molar-refractivity contribution in [2.75, 3.05) is 0 Å². The molecule has 1 unspecified atom stereocenters. The fraction of sp³-hybridized carbons (Fsp3) is 0.125. The number of hydrogen-bond donors (Lipinski definition) is 3. The van der Waals surface area contributed by atoms with Crippen LogP contribution in [-0.2, 0) is 4.79 Å². The van der Waals surface area contributed by atoms with Crippen LogP contribution < -0.4 is 5.73 Å². The Morgan fingerprint density at radius 1 is 1.43 bits per heavy atom. The van der Waals surface area contributed by atoms with Crippen molar-refractivity contribution in [2.24, 2.45) is 5.73 Å². The summed E-state index contributed by atoms with van der Waals surface area (Å²) in [5.74, 6) is -2.51. The van der Waals surface area contributed by atoms with Gasteiger partial charge < -0.3 is 15.9 Å². The maximum atomic E-state index is 10.7. The second-order valence-corrected chi connectivity index (χ2v) is 2.58. The van der Waals surface area contributed by atoms with Gasteiger partial charge in [-0.15, -0.1) is 0 Å². The molecule has 0 aliphatic carbocycles. The second-order valence-electron chi connectivity index (χ2n) is 2.58.